The van der Waals surface area contributed by atoms with Crippen molar-refractivity contribution in [2.45, 2.75) is 40.3 Å². The zero-order valence-electron chi connectivity index (χ0n) is 12.2. The number of ketones is 1. The van der Waals surface area contributed by atoms with Gasteiger partial charge in [-0.3, -0.25) is 4.79 Å². The number of nitrogens with zero attached hydrogens (tertiary/aromatic N) is 3. The Balaban J connectivity index is 2.08. The minimum absolute atomic E-state index is 0.119. The maximum Gasteiger partial charge on any atom is 0.158 e. The van der Waals surface area contributed by atoms with E-state index in [0.717, 1.165) is 16.7 Å². The first-order valence-electron chi connectivity index (χ1n) is 6.67. The molecule has 0 unspecified atom stereocenters. The predicted octanol–water partition coefficient (Wildman–Crippen LogP) is 1.47. The lowest BCUT2D eigenvalue weighted by molar-refractivity contribution is -0.119. The number of nitrogens with two attached hydrogens (primary N) is 1. The van der Waals surface area contributed by atoms with E-state index in [2.05, 4.69) is 29.4 Å². The zero-order chi connectivity index (χ0) is 14.7. The molecule has 0 spiro atoms. The molecule has 20 heavy (non-hydrogen) atoms. The Morgan fingerprint density at radius 2 is 1.90 bits per heavy atom. The van der Waals surface area contributed by atoms with Crippen LogP contribution in [0.4, 0.5) is 0 Å². The van der Waals surface area contributed by atoms with E-state index in [0.29, 0.717) is 18.7 Å². The summed E-state index contributed by atoms with van der Waals surface area (Å²) in [6.07, 6.45) is 2.14. The Morgan fingerprint density at radius 1 is 1.25 bits per heavy atom. The lowest BCUT2D eigenvalue weighted by Gasteiger charge is -2.10. The molecule has 0 radical (unpaired) electrons. The molecular formula is C15H20N4O. The van der Waals surface area contributed by atoms with Gasteiger partial charge in [0.15, 0.2) is 5.78 Å². The van der Waals surface area contributed by atoms with Crippen molar-refractivity contribution in [3.05, 3.63) is 46.3 Å². The van der Waals surface area contributed by atoms with Crippen LogP contribution in [-0.4, -0.2) is 20.8 Å². The largest absolute Gasteiger partial charge is 0.325 e. The minimum Gasteiger partial charge on any atom is -0.325 e. The smallest absolute Gasteiger partial charge is 0.158 e. The number of carbonyl (C=O) groups excluding carboxylic acids is 1. The lowest BCUT2D eigenvalue weighted by atomic mass is 9.96. The first kappa shape index (κ1) is 14.4. The molecule has 5 heteroatoms. The van der Waals surface area contributed by atoms with Gasteiger partial charge in [0.2, 0.25) is 0 Å². The van der Waals surface area contributed by atoms with Crippen LogP contribution in [0.1, 0.15) is 27.9 Å². The summed E-state index contributed by atoms with van der Waals surface area (Å²) >= 11 is 0. The van der Waals surface area contributed by atoms with Gasteiger partial charge in [-0.15, -0.1) is 5.10 Å². The highest BCUT2D eigenvalue weighted by molar-refractivity contribution is 5.81. The summed E-state index contributed by atoms with van der Waals surface area (Å²) in [6, 6.07) is 4.22. The normalized spacial score (nSPS) is 10.8. The molecule has 0 aliphatic carbocycles. The molecule has 106 valence electrons. The number of hydrogen-bond donors (Lipinski definition) is 1. The van der Waals surface area contributed by atoms with Gasteiger partial charge >= 0.3 is 0 Å². The third kappa shape index (κ3) is 3.30. The van der Waals surface area contributed by atoms with Crippen LogP contribution in [0, 0.1) is 20.8 Å². The Bertz CT molecular complexity index is 608. The van der Waals surface area contributed by atoms with Gasteiger partial charge in [0.25, 0.3) is 0 Å². The maximum absolute atomic E-state index is 12.1. The molecular weight excluding hydrogens is 252 g/mol. The van der Waals surface area contributed by atoms with Gasteiger partial charge in [0, 0.05) is 13.0 Å². The average molecular weight is 272 g/mol. The summed E-state index contributed by atoms with van der Waals surface area (Å²) in [5.41, 5.74) is 10.8. The van der Waals surface area contributed by atoms with E-state index in [4.69, 9.17) is 5.73 Å². The van der Waals surface area contributed by atoms with Crippen LogP contribution in [0.25, 0.3) is 0 Å². The fourth-order valence-electron chi connectivity index (χ4n) is 2.43. The van der Waals surface area contributed by atoms with Crippen LogP contribution in [0.5, 0.6) is 0 Å². The molecule has 0 saturated heterocycles. The van der Waals surface area contributed by atoms with Gasteiger partial charge in [-0.1, -0.05) is 22.9 Å². The first-order chi connectivity index (χ1) is 9.49. The van der Waals surface area contributed by atoms with Crippen molar-refractivity contribution in [2.75, 3.05) is 0 Å². The number of rotatable bonds is 5. The molecule has 5 nitrogen and oxygen atoms in total. The van der Waals surface area contributed by atoms with Crippen LogP contribution >= 0.6 is 0 Å². The number of Topliss-reactive ketones (excluding diaryl/α,β-unsaturated/α-hetero) is 1. The molecule has 1 heterocycles. The quantitative estimate of drug-likeness (QED) is 0.894. The number of aryl methyl sites for hydroxylation is 3. The lowest BCUT2D eigenvalue weighted by Crippen LogP contribution is -2.14. The van der Waals surface area contributed by atoms with Crippen LogP contribution in [0.3, 0.4) is 0 Å². The highest BCUT2D eigenvalue weighted by Gasteiger charge is 2.11. The summed E-state index contributed by atoms with van der Waals surface area (Å²) in [5.74, 6) is 0.119. The number of benzene rings is 1. The van der Waals surface area contributed by atoms with Crippen molar-refractivity contribution < 1.29 is 4.79 Å². The highest BCUT2D eigenvalue weighted by Crippen LogP contribution is 2.17. The summed E-state index contributed by atoms with van der Waals surface area (Å²) in [5, 5.41) is 7.77. The molecule has 2 N–H and O–H groups in total. The molecule has 2 aromatic rings. The molecule has 0 aliphatic rings. The number of hydrogen-bond acceptors (Lipinski definition) is 4. The fourth-order valence-corrected chi connectivity index (χ4v) is 2.43. The monoisotopic (exact) mass is 272 g/mol. The molecule has 0 saturated carbocycles. The third-order valence-corrected chi connectivity index (χ3v) is 3.35. The molecule has 0 aliphatic heterocycles. The van der Waals surface area contributed by atoms with E-state index < -0.39 is 0 Å². The van der Waals surface area contributed by atoms with Crippen molar-refractivity contribution in [3.8, 4) is 0 Å². The van der Waals surface area contributed by atoms with Crippen LogP contribution < -0.4 is 5.73 Å². The van der Waals surface area contributed by atoms with Crippen molar-refractivity contribution in [1.82, 2.24) is 15.0 Å². The van der Waals surface area contributed by atoms with E-state index in [-0.39, 0.29) is 12.3 Å². The molecule has 1 aromatic carbocycles. The first-order valence-corrected chi connectivity index (χ1v) is 6.67. The van der Waals surface area contributed by atoms with Gasteiger partial charge in [-0.05, 0) is 37.5 Å². The maximum atomic E-state index is 12.1. The van der Waals surface area contributed by atoms with Gasteiger partial charge in [0.05, 0.1) is 11.9 Å². The molecule has 0 fully saturated rings. The van der Waals surface area contributed by atoms with Gasteiger partial charge in [-0.25, -0.2) is 4.68 Å². The van der Waals surface area contributed by atoms with E-state index in [1.165, 1.54) is 5.56 Å². The van der Waals surface area contributed by atoms with Crippen molar-refractivity contribution >= 4 is 5.78 Å². The summed E-state index contributed by atoms with van der Waals surface area (Å²) in [4.78, 5) is 12.1. The second-order valence-corrected chi connectivity index (χ2v) is 5.20. The number of aromatic nitrogens is 3. The fraction of sp³-hybridized carbons (Fsp3) is 0.400. The van der Waals surface area contributed by atoms with Crippen LogP contribution in [-0.2, 0) is 24.3 Å². The molecule has 0 amide bonds. The standard InChI is InChI=1S/C15H20N4O/c1-10-4-11(2)15(12(3)5-10)6-14(20)9-19-8-13(7-16)17-18-19/h4-5,8H,6-7,9,16H2,1-3H3. The van der Waals surface area contributed by atoms with E-state index in [1.54, 1.807) is 10.9 Å². The van der Waals surface area contributed by atoms with Crippen molar-refractivity contribution in [3.63, 3.8) is 0 Å². The third-order valence-electron chi connectivity index (χ3n) is 3.35. The Hall–Kier alpha value is -2.01. The topological polar surface area (TPSA) is 73.8 Å². The Morgan fingerprint density at radius 3 is 2.45 bits per heavy atom. The van der Waals surface area contributed by atoms with Gasteiger partial charge in [-0.2, -0.15) is 0 Å². The van der Waals surface area contributed by atoms with E-state index in [9.17, 15) is 4.79 Å². The van der Waals surface area contributed by atoms with Crippen LogP contribution in [0.2, 0.25) is 0 Å². The van der Waals surface area contributed by atoms with Crippen LogP contribution in [0.15, 0.2) is 18.3 Å². The Labute approximate surface area is 118 Å². The zero-order valence-corrected chi connectivity index (χ0v) is 12.2. The summed E-state index contributed by atoms with van der Waals surface area (Å²) < 4.78 is 1.55. The van der Waals surface area contributed by atoms with E-state index >= 15 is 0 Å². The molecule has 0 atom stereocenters. The predicted molar refractivity (Wildman–Crippen MR) is 77.3 cm³/mol. The molecule has 2 rings (SSSR count). The minimum atomic E-state index is 0.119. The second kappa shape index (κ2) is 5.96. The van der Waals surface area contributed by atoms with Crippen molar-refractivity contribution in [2.24, 2.45) is 5.73 Å². The van der Waals surface area contributed by atoms with E-state index in [1.807, 2.05) is 13.8 Å². The average Bonchev–Trinajstić information content (AvgIpc) is 2.81. The van der Waals surface area contributed by atoms with Gasteiger partial charge < -0.3 is 5.73 Å². The number of carbonyl (C=O) groups is 1. The summed E-state index contributed by atoms with van der Waals surface area (Å²) in [7, 11) is 0. The van der Waals surface area contributed by atoms with Gasteiger partial charge in [0.1, 0.15) is 6.54 Å². The highest BCUT2D eigenvalue weighted by atomic mass is 16.1. The van der Waals surface area contributed by atoms with Crippen molar-refractivity contribution in [1.29, 1.82) is 0 Å². The molecule has 0 bridgehead atoms. The second-order valence-electron chi connectivity index (χ2n) is 5.20. The molecule has 1 aromatic heterocycles. The Kier molecular flexibility index (Phi) is 4.29. The summed E-state index contributed by atoms with van der Waals surface area (Å²) in [6.45, 7) is 6.73. The SMILES string of the molecule is Cc1cc(C)c(CC(=O)Cn2cc(CN)nn2)c(C)c1.